The average Bonchev–Trinajstić information content (AvgIpc) is 2.52. The summed E-state index contributed by atoms with van der Waals surface area (Å²) in [5, 5.41) is 0.367. The second kappa shape index (κ2) is 8.27. The summed E-state index contributed by atoms with van der Waals surface area (Å²) >= 11 is 6.65. The minimum Gasteiger partial charge on any atom is -0.364 e. The van der Waals surface area contributed by atoms with E-state index in [-0.39, 0.29) is 17.9 Å². The van der Waals surface area contributed by atoms with E-state index in [9.17, 15) is 18.0 Å². The molecule has 0 amide bonds. The normalized spacial score (nSPS) is 13.2. The Morgan fingerprint density at radius 3 is 2.44 bits per heavy atom. The van der Waals surface area contributed by atoms with Gasteiger partial charge in [-0.15, -0.1) is 0 Å². The molecule has 0 aliphatic heterocycles. The molecule has 2 rings (SSSR count). The van der Waals surface area contributed by atoms with Gasteiger partial charge in [-0.3, -0.25) is 9.36 Å². The summed E-state index contributed by atoms with van der Waals surface area (Å²) in [7, 11) is 2.78. The van der Waals surface area contributed by atoms with Gasteiger partial charge >= 0.3 is 6.18 Å². The molecule has 0 radical (unpaired) electrons. The smallest absolute Gasteiger partial charge is 0.364 e. The van der Waals surface area contributed by atoms with Crippen LogP contribution in [0.1, 0.15) is 11.6 Å². The van der Waals surface area contributed by atoms with Crippen LogP contribution in [-0.2, 0) is 11.5 Å². The van der Waals surface area contributed by atoms with Crippen molar-refractivity contribution in [2.45, 2.75) is 23.8 Å². The molecule has 0 bridgehead atoms. The zero-order chi connectivity index (χ0) is 18.6. The summed E-state index contributed by atoms with van der Waals surface area (Å²) < 4.78 is 48.0. The number of aromatic nitrogens is 1. The van der Waals surface area contributed by atoms with Crippen molar-refractivity contribution < 1.29 is 17.9 Å². The van der Waals surface area contributed by atoms with E-state index in [0.29, 0.717) is 9.92 Å². The van der Waals surface area contributed by atoms with Gasteiger partial charge in [-0.1, -0.05) is 23.7 Å². The number of methoxy groups -OCH3 is 1. The molecule has 0 N–H and O–H groups in total. The molecule has 136 valence electrons. The number of rotatable bonds is 6. The van der Waals surface area contributed by atoms with Crippen molar-refractivity contribution in [2.24, 2.45) is 0 Å². The van der Waals surface area contributed by atoms with Gasteiger partial charge in [-0.2, -0.15) is 13.2 Å². The number of nitrogens with zero attached hydrogens (tertiary/aromatic N) is 2. The fraction of sp³-hybridized carbons (Fsp3) is 0.312. The predicted octanol–water partition coefficient (Wildman–Crippen LogP) is 4.35. The van der Waals surface area contributed by atoms with Crippen LogP contribution < -0.4 is 5.56 Å². The number of pyridine rings is 1. The van der Waals surface area contributed by atoms with Crippen LogP contribution in [0.2, 0.25) is 5.02 Å². The van der Waals surface area contributed by atoms with E-state index in [1.807, 2.05) is 0 Å². The Labute approximate surface area is 152 Å². The number of hydrogen-bond donors (Lipinski definition) is 0. The lowest BCUT2D eigenvalue weighted by molar-refractivity contribution is -0.169. The van der Waals surface area contributed by atoms with E-state index in [1.54, 1.807) is 0 Å². The topological polar surface area (TPSA) is 34.5 Å². The molecule has 1 aromatic heterocycles. The highest BCUT2D eigenvalue weighted by molar-refractivity contribution is 7.97. The van der Waals surface area contributed by atoms with E-state index in [4.69, 9.17) is 16.3 Å². The number of hydrogen-bond acceptors (Lipinski definition) is 4. The lowest BCUT2D eigenvalue weighted by Gasteiger charge is -2.29. The van der Waals surface area contributed by atoms with Gasteiger partial charge in [0.1, 0.15) is 12.8 Å². The highest BCUT2D eigenvalue weighted by Gasteiger charge is 2.44. The molecule has 0 fully saturated rings. The predicted molar refractivity (Wildman–Crippen MR) is 91.6 cm³/mol. The van der Waals surface area contributed by atoms with Crippen LogP contribution in [0.4, 0.5) is 13.2 Å². The van der Waals surface area contributed by atoms with E-state index in [1.165, 1.54) is 61.3 Å². The Morgan fingerprint density at radius 1 is 1.24 bits per heavy atom. The quantitative estimate of drug-likeness (QED) is 0.684. The van der Waals surface area contributed by atoms with E-state index < -0.39 is 12.2 Å². The molecule has 1 heterocycles. The minimum absolute atomic E-state index is 0.0246. The molecule has 9 heteroatoms. The number of benzene rings is 1. The number of alkyl halides is 3. The Kier molecular flexibility index (Phi) is 6.56. The maximum Gasteiger partial charge on any atom is 0.408 e. The van der Waals surface area contributed by atoms with Gasteiger partial charge in [0, 0.05) is 29.3 Å². The standard InChI is InChI=1S/C16H16ClF3N2O2S/c1-21(25-13-7-8-14(23)22(9-13)10-24-2)15(16(18,19)20)11-3-5-12(17)6-4-11/h3-9,15H,10H2,1-2H3/t15-/m1/s1. The molecular formula is C16H16ClF3N2O2S. The van der Waals surface area contributed by atoms with Crippen LogP contribution >= 0.6 is 23.5 Å². The lowest BCUT2D eigenvalue weighted by Crippen LogP contribution is -2.32. The van der Waals surface area contributed by atoms with Crippen LogP contribution in [0.15, 0.2) is 52.3 Å². The molecule has 0 aliphatic carbocycles. The van der Waals surface area contributed by atoms with Crippen LogP contribution in [0.3, 0.4) is 0 Å². The van der Waals surface area contributed by atoms with Crippen molar-refractivity contribution in [1.29, 1.82) is 0 Å². The summed E-state index contributed by atoms with van der Waals surface area (Å²) in [4.78, 5) is 12.1. The minimum atomic E-state index is -4.48. The van der Waals surface area contributed by atoms with Gasteiger partial charge in [0.25, 0.3) is 5.56 Å². The maximum absolute atomic E-state index is 13.6. The Bertz CT molecular complexity index is 765. The average molecular weight is 393 g/mol. The molecule has 1 aromatic carbocycles. The van der Waals surface area contributed by atoms with Gasteiger partial charge in [-0.05, 0) is 42.8 Å². The fourth-order valence-corrected chi connectivity index (χ4v) is 3.38. The monoisotopic (exact) mass is 392 g/mol. The van der Waals surface area contributed by atoms with Crippen molar-refractivity contribution in [1.82, 2.24) is 8.87 Å². The zero-order valence-electron chi connectivity index (χ0n) is 13.5. The van der Waals surface area contributed by atoms with Crippen LogP contribution in [0, 0.1) is 0 Å². The molecule has 0 saturated carbocycles. The summed E-state index contributed by atoms with van der Waals surface area (Å²) in [5.74, 6) is 0. The second-order valence-corrected chi connectivity index (χ2v) is 6.89. The molecule has 4 nitrogen and oxygen atoms in total. The summed E-state index contributed by atoms with van der Waals surface area (Å²) in [6.07, 6.45) is -3.02. The third-order valence-electron chi connectivity index (χ3n) is 3.33. The fourth-order valence-electron chi connectivity index (χ4n) is 2.27. The van der Waals surface area contributed by atoms with Crippen LogP contribution in [0.25, 0.3) is 0 Å². The third-order valence-corrected chi connectivity index (χ3v) is 4.54. The second-order valence-electron chi connectivity index (χ2n) is 5.22. The lowest BCUT2D eigenvalue weighted by atomic mass is 10.1. The SMILES string of the molecule is COCn1cc(SN(C)[C@H](c2ccc(Cl)cc2)C(F)(F)F)ccc1=O. The van der Waals surface area contributed by atoms with E-state index in [2.05, 4.69) is 0 Å². The van der Waals surface area contributed by atoms with Crippen molar-refractivity contribution in [3.8, 4) is 0 Å². The summed E-state index contributed by atoms with van der Waals surface area (Å²) in [6.45, 7) is 0.0246. The van der Waals surface area contributed by atoms with E-state index in [0.717, 1.165) is 16.3 Å². The molecule has 0 unspecified atom stereocenters. The van der Waals surface area contributed by atoms with Gasteiger partial charge in [0.05, 0.1) is 0 Å². The van der Waals surface area contributed by atoms with Gasteiger partial charge in [0.15, 0.2) is 0 Å². The van der Waals surface area contributed by atoms with Crippen molar-refractivity contribution in [3.05, 3.63) is 63.5 Å². The maximum atomic E-state index is 13.6. The summed E-state index contributed by atoms with van der Waals surface area (Å²) in [6, 6.07) is 6.50. The van der Waals surface area contributed by atoms with Gasteiger partial charge in [-0.25, -0.2) is 4.31 Å². The molecule has 2 aromatic rings. The first-order valence-electron chi connectivity index (χ1n) is 7.15. The first-order chi connectivity index (χ1) is 11.7. The molecule has 0 aliphatic rings. The highest BCUT2D eigenvalue weighted by Crippen LogP contribution is 2.41. The molecule has 25 heavy (non-hydrogen) atoms. The van der Waals surface area contributed by atoms with Crippen LogP contribution in [0.5, 0.6) is 0 Å². The zero-order valence-corrected chi connectivity index (χ0v) is 15.0. The first kappa shape index (κ1) is 19.8. The van der Waals surface area contributed by atoms with Crippen molar-refractivity contribution >= 4 is 23.5 Å². The number of halogens is 4. The summed E-state index contributed by atoms with van der Waals surface area (Å²) in [5.41, 5.74) is -0.212. The van der Waals surface area contributed by atoms with Crippen molar-refractivity contribution in [3.63, 3.8) is 0 Å². The first-order valence-corrected chi connectivity index (χ1v) is 8.30. The Balaban J connectivity index is 2.28. The third kappa shape index (κ3) is 5.24. The van der Waals surface area contributed by atoms with Crippen molar-refractivity contribution in [2.75, 3.05) is 14.2 Å². The van der Waals surface area contributed by atoms with E-state index >= 15 is 0 Å². The number of ether oxygens (including phenoxy) is 1. The largest absolute Gasteiger partial charge is 0.408 e. The van der Waals surface area contributed by atoms with Crippen LogP contribution in [-0.4, -0.2) is 29.2 Å². The molecule has 1 atom stereocenters. The highest BCUT2D eigenvalue weighted by atomic mass is 35.5. The molecular weight excluding hydrogens is 377 g/mol. The Hall–Kier alpha value is -1.48. The molecule has 0 saturated heterocycles. The Morgan fingerprint density at radius 2 is 1.88 bits per heavy atom. The van der Waals surface area contributed by atoms with Gasteiger partial charge < -0.3 is 4.74 Å². The molecule has 0 spiro atoms. The van der Waals surface area contributed by atoms with Gasteiger partial charge in [0.2, 0.25) is 0 Å².